The molecule has 0 unspecified atom stereocenters. The van der Waals surface area contributed by atoms with Gasteiger partial charge in [0.1, 0.15) is 6.10 Å². The van der Waals surface area contributed by atoms with Crippen LogP contribution in [0.15, 0.2) is 24.5 Å². The van der Waals surface area contributed by atoms with Crippen molar-refractivity contribution in [1.29, 1.82) is 0 Å². The van der Waals surface area contributed by atoms with E-state index in [2.05, 4.69) is 0 Å². The van der Waals surface area contributed by atoms with Crippen LogP contribution < -0.4 is 4.57 Å². The van der Waals surface area contributed by atoms with Crippen LogP contribution in [0.5, 0.6) is 0 Å². The minimum Gasteiger partial charge on any atom is -0.385 e. The second-order valence-electron chi connectivity index (χ2n) is 2.88. The summed E-state index contributed by atoms with van der Waals surface area (Å²) in [6.07, 6.45) is 3.41. The molecule has 0 bridgehead atoms. The maximum Gasteiger partial charge on any atom is 0.175 e. The summed E-state index contributed by atoms with van der Waals surface area (Å²) >= 11 is 5.47. The van der Waals surface area contributed by atoms with E-state index < -0.39 is 6.10 Å². The van der Waals surface area contributed by atoms with E-state index >= 15 is 0 Å². The van der Waals surface area contributed by atoms with E-state index in [9.17, 15) is 5.11 Å². The molecule has 1 atom stereocenters. The molecule has 1 aromatic rings. The van der Waals surface area contributed by atoms with Gasteiger partial charge >= 0.3 is 0 Å². The number of nitrogens with zero attached hydrogens (tertiary/aromatic N) is 1. The molecule has 0 aliphatic rings. The first-order valence-electron chi connectivity index (χ1n) is 3.92. The summed E-state index contributed by atoms with van der Waals surface area (Å²) < 4.78 is 1.92. The third-order valence-electron chi connectivity index (χ3n) is 1.66. The minimum absolute atomic E-state index is 0.279. The van der Waals surface area contributed by atoms with Crippen molar-refractivity contribution in [2.45, 2.75) is 19.6 Å². The molecule has 1 rings (SSSR count). The minimum atomic E-state index is -0.459. The van der Waals surface area contributed by atoms with E-state index in [4.69, 9.17) is 11.6 Å². The van der Waals surface area contributed by atoms with Gasteiger partial charge in [-0.3, -0.25) is 0 Å². The highest BCUT2D eigenvalue weighted by Crippen LogP contribution is 1.92. The number of alkyl halides is 1. The van der Waals surface area contributed by atoms with E-state index in [1.54, 1.807) is 0 Å². The Morgan fingerprint density at radius 1 is 1.50 bits per heavy atom. The smallest absolute Gasteiger partial charge is 0.175 e. The molecular formula is C9H13ClNO+. The molecule has 1 heterocycles. The fourth-order valence-electron chi connectivity index (χ4n) is 0.946. The number of aliphatic hydroxyl groups is 1. The fraction of sp³-hybridized carbons (Fsp3) is 0.444. The average Bonchev–Trinajstić information content (AvgIpc) is 2.09. The Balaban J connectivity index is 2.58. The van der Waals surface area contributed by atoms with Crippen LogP contribution in [0.25, 0.3) is 0 Å². The molecule has 0 aromatic carbocycles. The molecule has 0 aliphatic carbocycles. The van der Waals surface area contributed by atoms with Crippen molar-refractivity contribution in [2.75, 3.05) is 5.88 Å². The maximum absolute atomic E-state index is 9.23. The number of aromatic nitrogens is 1. The molecule has 1 aromatic heterocycles. The van der Waals surface area contributed by atoms with Crippen molar-refractivity contribution in [2.24, 2.45) is 0 Å². The highest BCUT2D eigenvalue weighted by molar-refractivity contribution is 6.18. The van der Waals surface area contributed by atoms with Crippen molar-refractivity contribution < 1.29 is 9.67 Å². The van der Waals surface area contributed by atoms with Gasteiger partial charge in [0.25, 0.3) is 0 Å². The van der Waals surface area contributed by atoms with Gasteiger partial charge in [0.15, 0.2) is 18.9 Å². The van der Waals surface area contributed by atoms with E-state index in [0.717, 1.165) is 0 Å². The summed E-state index contributed by atoms with van der Waals surface area (Å²) in [6.45, 7) is 2.59. The third-order valence-corrected chi connectivity index (χ3v) is 2.01. The molecule has 0 amide bonds. The molecule has 66 valence electrons. The van der Waals surface area contributed by atoms with Gasteiger partial charge in [-0.1, -0.05) is 0 Å². The van der Waals surface area contributed by atoms with Crippen LogP contribution in [0.3, 0.4) is 0 Å². The Labute approximate surface area is 77.4 Å². The largest absolute Gasteiger partial charge is 0.385 e. The van der Waals surface area contributed by atoms with Crippen molar-refractivity contribution in [3.8, 4) is 0 Å². The summed E-state index contributed by atoms with van der Waals surface area (Å²) in [5.41, 5.74) is 1.21. The number of hydrogen-bond acceptors (Lipinski definition) is 1. The molecule has 3 heteroatoms. The number of halogens is 1. The number of rotatable bonds is 3. The van der Waals surface area contributed by atoms with Gasteiger partial charge in [-0.05, 0) is 12.5 Å². The highest BCUT2D eigenvalue weighted by atomic mass is 35.5. The Hall–Kier alpha value is -0.600. The Kier molecular flexibility index (Phi) is 3.50. The van der Waals surface area contributed by atoms with Gasteiger partial charge in [0.05, 0.1) is 5.88 Å². The van der Waals surface area contributed by atoms with Crippen LogP contribution >= 0.6 is 11.6 Å². The van der Waals surface area contributed by atoms with Gasteiger partial charge in [-0.25, -0.2) is 4.57 Å². The number of pyridine rings is 1. The van der Waals surface area contributed by atoms with Crippen LogP contribution in [0.4, 0.5) is 0 Å². The number of aryl methyl sites for hydroxylation is 1. The lowest BCUT2D eigenvalue weighted by molar-refractivity contribution is -0.703. The predicted octanol–water partition coefficient (Wildman–Crippen LogP) is 0.882. The molecule has 0 saturated heterocycles. The highest BCUT2D eigenvalue weighted by Gasteiger charge is 2.07. The zero-order chi connectivity index (χ0) is 8.97. The summed E-state index contributed by atoms with van der Waals surface area (Å²) in [5, 5.41) is 9.23. The summed E-state index contributed by atoms with van der Waals surface area (Å²) in [6, 6.07) is 4.00. The lowest BCUT2D eigenvalue weighted by Gasteiger charge is -2.01. The Bertz CT molecular complexity index is 235. The first-order valence-corrected chi connectivity index (χ1v) is 4.45. The van der Waals surface area contributed by atoms with E-state index in [-0.39, 0.29) is 5.88 Å². The van der Waals surface area contributed by atoms with Crippen molar-refractivity contribution >= 4 is 11.6 Å². The van der Waals surface area contributed by atoms with E-state index in [1.165, 1.54) is 5.56 Å². The van der Waals surface area contributed by atoms with Crippen LogP contribution in [0.1, 0.15) is 5.56 Å². The monoisotopic (exact) mass is 186 g/mol. The fourth-order valence-corrected chi connectivity index (χ4v) is 1.04. The molecule has 0 fully saturated rings. The molecule has 2 nitrogen and oxygen atoms in total. The first-order chi connectivity index (χ1) is 5.72. The number of aliphatic hydroxyl groups excluding tert-OH is 1. The molecular weight excluding hydrogens is 174 g/mol. The molecule has 0 saturated carbocycles. The zero-order valence-corrected chi connectivity index (χ0v) is 7.83. The van der Waals surface area contributed by atoms with Gasteiger partial charge in [0, 0.05) is 12.1 Å². The average molecular weight is 187 g/mol. The topological polar surface area (TPSA) is 24.1 Å². The third kappa shape index (κ3) is 2.80. The summed E-state index contributed by atoms with van der Waals surface area (Å²) in [5.74, 6) is 0.279. The van der Waals surface area contributed by atoms with Crippen molar-refractivity contribution in [3.63, 3.8) is 0 Å². The normalized spacial score (nSPS) is 12.9. The molecule has 0 aliphatic heterocycles. The lowest BCUT2D eigenvalue weighted by Crippen LogP contribution is -2.39. The number of hydrogen-bond donors (Lipinski definition) is 1. The Morgan fingerprint density at radius 3 is 2.58 bits per heavy atom. The van der Waals surface area contributed by atoms with Gasteiger partial charge < -0.3 is 5.11 Å². The first kappa shape index (κ1) is 9.49. The van der Waals surface area contributed by atoms with E-state index in [0.29, 0.717) is 6.54 Å². The predicted molar refractivity (Wildman–Crippen MR) is 48.1 cm³/mol. The van der Waals surface area contributed by atoms with Crippen LogP contribution in [-0.4, -0.2) is 17.1 Å². The molecule has 1 N–H and O–H groups in total. The molecule has 12 heavy (non-hydrogen) atoms. The standard InChI is InChI=1S/C9H13ClNO/c1-8-2-4-11(5-3-8)7-9(12)6-10/h2-5,9,12H,6-7H2,1H3/q+1/t9-/m0/s1. The Morgan fingerprint density at radius 2 is 2.08 bits per heavy atom. The quantitative estimate of drug-likeness (QED) is 0.550. The van der Waals surface area contributed by atoms with Gasteiger partial charge in [0.2, 0.25) is 0 Å². The van der Waals surface area contributed by atoms with Crippen LogP contribution in [-0.2, 0) is 6.54 Å². The van der Waals surface area contributed by atoms with E-state index in [1.807, 2.05) is 36.0 Å². The van der Waals surface area contributed by atoms with Crippen molar-refractivity contribution in [3.05, 3.63) is 30.1 Å². The summed E-state index contributed by atoms with van der Waals surface area (Å²) in [4.78, 5) is 0. The summed E-state index contributed by atoms with van der Waals surface area (Å²) in [7, 11) is 0. The molecule has 0 radical (unpaired) electrons. The second kappa shape index (κ2) is 4.43. The maximum atomic E-state index is 9.23. The second-order valence-corrected chi connectivity index (χ2v) is 3.19. The lowest BCUT2D eigenvalue weighted by atomic mass is 10.3. The van der Waals surface area contributed by atoms with Gasteiger partial charge in [-0.15, -0.1) is 11.6 Å². The SMILES string of the molecule is Cc1cc[n+](C[C@@H](O)CCl)cc1. The molecule has 0 spiro atoms. The zero-order valence-electron chi connectivity index (χ0n) is 7.07. The van der Waals surface area contributed by atoms with Crippen LogP contribution in [0, 0.1) is 6.92 Å². The van der Waals surface area contributed by atoms with Crippen molar-refractivity contribution in [1.82, 2.24) is 0 Å². The van der Waals surface area contributed by atoms with Crippen LogP contribution in [0.2, 0.25) is 0 Å². The van der Waals surface area contributed by atoms with Gasteiger partial charge in [-0.2, -0.15) is 0 Å².